The van der Waals surface area contributed by atoms with Crippen molar-refractivity contribution in [2.24, 2.45) is 0 Å². The number of allylic oxidation sites excluding steroid dienone is 1. The molecule has 28 heavy (non-hydrogen) atoms. The molecule has 0 fully saturated rings. The van der Waals surface area contributed by atoms with Crippen LogP contribution in [0.25, 0.3) is 6.08 Å². The maximum Gasteiger partial charge on any atom is 0.196 e. The molecule has 0 bridgehead atoms. The smallest absolute Gasteiger partial charge is 0.196 e. The van der Waals surface area contributed by atoms with E-state index < -0.39 is 24.3 Å². The molecular formula is C22H20O4S2. The molecule has 3 aromatic rings. The van der Waals surface area contributed by atoms with E-state index in [0.717, 1.165) is 5.56 Å². The highest BCUT2D eigenvalue weighted by Gasteiger charge is 2.38. The second-order valence-electron chi connectivity index (χ2n) is 6.19. The van der Waals surface area contributed by atoms with Crippen LogP contribution in [-0.2, 0) is 19.7 Å². The van der Waals surface area contributed by atoms with Gasteiger partial charge in [-0.05, 0) is 36.2 Å². The van der Waals surface area contributed by atoms with Crippen LogP contribution in [-0.4, -0.2) is 21.4 Å². The molecule has 0 saturated heterocycles. The molecule has 0 radical (unpaired) electrons. The molecule has 0 amide bonds. The number of hydrogen-bond donors (Lipinski definition) is 0. The quantitative estimate of drug-likeness (QED) is 0.578. The van der Waals surface area contributed by atoms with Crippen LogP contribution in [0.4, 0.5) is 0 Å². The summed E-state index contributed by atoms with van der Waals surface area (Å²) < 4.78 is 51.1. The van der Waals surface area contributed by atoms with Gasteiger partial charge in [-0.1, -0.05) is 78.9 Å². The largest absolute Gasteiger partial charge is 0.222 e. The molecule has 4 nitrogen and oxygen atoms in total. The minimum absolute atomic E-state index is 0.00684. The van der Waals surface area contributed by atoms with Gasteiger partial charge in [-0.15, -0.1) is 0 Å². The van der Waals surface area contributed by atoms with Crippen LogP contribution in [0.15, 0.2) is 107 Å². The maximum absolute atomic E-state index is 13.2. The minimum atomic E-state index is -4.10. The van der Waals surface area contributed by atoms with Crippen LogP contribution < -0.4 is 0 Å². The number of hydrogen-bond acceptors (Lipinski definition) is 4. The molecule has 0 heterocycles. The van der Waals surface area contributed by atoms with Crippen LogP contribution in [0.1, 0.15) is 12.0 Å². The summed E-state index contributed by atoms with van der Waals surface area (Å²) >= 11 is 0. The van der Waals surface area contributed by atoms with E-state index in [2.05, 4.69) is 0 Å². The fraction of sp³-hybridized carbons (Fsp3) is 0.0909. The average Bonchev–Trinajstić information content (AvgIpc) is 2.73. The van der Waals surface area contributed by atoms with Gasteiger partial charge in [-0.25, -0.2) is 16.8 Å². The summed E-state index contributed by atoms with van der Waals surface area (Å²) in [7, 11) is -8.20. The first-order chi connectivity index (χ1) is 13.4. The van der Waals surface area contributed by atoms with E-state index in [-0.39, 0.29) is 16.2 Å². The van der Waals surface area contributed by atoms with E-state index in [1.807, 2.05) is 30.3 Å². The highest BCUT2D eigenvalue weighted by molar-refractivity contribution is 8.09. The molecule has 0 spiro atoms. The number of rotatable bonds is 7. The Bertz CT molecular complexity index is 1070. The van der Waals surface area contributed by atoms with Crippen molar-refractivity contribution >= 4 is 25.8 Å². The first-order valence-electron chi connectivity index (χ1n) is 8.72. The van der Waals surface area contributed by atoms with Crippen molar-refractivity contribution in [3.8, 4) is 0 Å². The molecule has 3 rings (SSSR count). The highest BCUT2D eigenvalue weighted by Crippen LogP contribution is 2.28. The van der Waals surface area contributed by atoms with Gasteiger partial charge in [-0.3, -0.25) is 0 Å². The van der Waals surface area contributed by atoms with Crippen molar-refractivity contribution in [3.05, 3.63) is 103 Å². The highest BCUT2D eigenvalue weighted by atomic mass is 32.3. The van der Waals surface area contributed by atoms with Crippen LogP contribution >= 0.6 is 0 Å². The van der Waals surface area contributed by atoms with E-state index in [1.165, 1.54) is 24.3 Å². The molecule has 3 aromatic carbocycles. The third-order valence-electron chi connectivity index (χ3n) is 4.27. The zero-order valence-electron chi connectivity index (χ0n) is 15.0. The second-order valence-corrected chi connectivity index (χ2v) is 10.8. The molecular weight excluding hydrogens is 392 g/mol. The molecule has 0 atom stereocenters. The SMILES string of the molecule is O=S(=O)(c1ccccc1)C(C/C=C/c1ccccc1)S(=O)(=O)c1ccccc1. The Hall–Kier alpha value is -2.70. The van der Waals surface area contributed by atoms with Crippen LogP contribution in [0.3, 0.4) is 0 Å². The molecule has 6 heteroatoms. The number of benzene rings is 3. The Labute approximate surface area is 166 Å². The van der Waals surface area contributed by atoms with E-state index in [4.69, 9.17) is 0 Å². The van der Waals surface area contributed by atoms with E-state index >= 15 is 0 Å². The molecule has 0 aliphatic carbocycles. The third kappa shape index (κ3) is 4.40. The summed E-state index contributed by atoms with van der Waals surface area (Å²) in [4.78, 5) is -0.0137. The Balaban J connectivity index is 2.03. The fourth-order valence-corrected chi connectivity index (χ4v) is 7.23. The van der Waals surface area contributed by atoms with Crippen molar-refractivity contribution in [1.82, 2.24) is 0 Å². The molecule has 0 saturated carbocycles. The summed E-state index contributed by atoms with van der Waals surface area (Å²) in [6.07, 6.45) is 3.18. The van der Waals surface area contributed by atoms with Crippen molar-refractivity contribution < 1.29 is 16.8 Å². The van der Waals surface area contributed by atoms with Gasteiger partial charge in [-0.2, -0.15) is 0 Å². The van der Waals surface area contributed by atoms with Gasteiger partial charge in [0.25, 0.3) is 0 Å². The lowest BCUT2D eigenvalue weighted by atomic mass is 10.2. The molecule has 0 aliphatic rings. The van der Waals surface area contributed by atoms with Gasteiger partial charge in [0.15, 0.2) is 24.3 Å². The molecule has 0 unspecified atom stereocenters. The van der Waals surface area contributed by atoms with Gasteiger partial charge in [0.05, 0.1) is 9.79 Å². The summed E-state index contributed by atoms with van der Waals surface area (Å²) in [5, 5.41) is 0. The zero-order valence-corrected chi connectivity index (χ0v) is 16.7. The van der Waals surface area contributed by atoms with E-state index in [9.17, 15) is 16.8 Å². The number of sulfone groups is 2. The monoisotopic (exact) mass is 412 g/mol. The summed E-state index contributed by atoms with van der Waals surface area (Å²) in [6, 6.07) is 24.7. The van der Waals surface area contributed by atoms with Crippen molar-refractivity contribution in [2.45, 2.75) is 20.8 Å². The predicted octanol–water partition coefficient (Wildman–Crippen LogP) is 4.36. The van der Waals surface area contributed by atoms with Gasteiger partial charge < -0.3 is 0 Å². The standard InChI is InChI=1S/C22H20O4S2/c23-27(24,20-14-6-2-7-15-20)22(18-10-13-19-11-4-1-5-12-19)28(25,26)21-16-8-3-9-17-21/h1-17,22H,18H2/b13-10+. The van der Waals surface area contributed by atoms with Crippen molar-refractivity contribution in [1.29, 1.82) is 0 Å². The normalized spacial score (nSPS) is 12.5. The summed E-state index contributed by atoms with van der Waals surface area (Å²) in [5.41, 5.74) is 0.871. The Morgan fingerprint density at radius 2 is 1.00 bits per heavy atom. The third-order valence-corrected chi connectivity index (χ3v) is 9.42. The zero-order chi connectivity index (χ0) is 20.0. The Morgan fingerprint density at radius 3 is 1.43 bits per heavy atom. The predicted molar refractivity (Wildman–Crippen MR) is 111 cm³/mol. The molecule has 144 valence electrons. The average molecular weight is 413 g/mol. The first kappa shape index (κ1) is 20.0. The Kier molecular flexibility index (Phi) is 6.11. The van der Waals surface area contributed by atoms with Crippen LogP contribution in [0, 0.1) is 0 Å². The fourth-order valence-electron chi connectivity index (χ4n) is 2.82. The van der Waals surface area contributed by atoms with Crippen LogP contribution in [0.5, 0.6) is 0 Å². The molecule has 0 aromatic heterocycles. The maximum atomic E-state index is 13.2. The summed E-state index contributed by atoms with van der Waals surface area (Å²) in [6.45, 7) is 0. The van der Waals surface area contributed by atoms with Gasteiger partial charge in [0, 0.05) is 0 Å². The lowest BCUT2D eigenvalue weighted by Crippen LogP contribution is -2.30. The van der Waals surface area contributed by atoms with Gasteiger partial charge >= 0.3 is 0 Å². The summed E-state index contributed by atoms with van der Waals surface area (Å²) in [5.74, 6) is 0. The molecule has 0 aliphatic heterocycles. The second kappa shape index (κ2) is 8.54. The van der Waals surface area contributed by atoms with Gasteiger partial charge in [0.1, 0.15) is 0 Å². The van der Waals surface area contributed by atoms with Gasteiger partial charge in [0.2, 0.25) is 0 Å². The van der Waals surface area contributed by atoms with Crippen LogP contribution in [0.2, 0.25) is 0 Å². The Morgan fingerprint density at radius 1 is 0.607 bits per heavy atom. The minimum Gasteiger partial charge on any atom is -0.222 e. The molecule has 0 N–H and O–H groups in total. The topological polar surface area (TPSA) is 68.3 Å². The lowest BCUT2D eigenvalue weighted by molar-refractivity contribution is 0.574. The van der Waals surface area contributed by atoms with E-state index in [0.29, 0.717) is 0 Å². The first-order valence-corrected chi connectivity index (χ1v) is 11.8. The van der Waals surface area contributed by atoms with Crippen molar-refractivity contribution in [3.63, 3.8) is 0 Å². The van der Waals surface area contributed by atoms with Crippen molar-refractivity contribution in [2.75, 3.05) is 0 Å². The lowest BCUT2D eigenvalue weighted by Gasteiger charge is -2.17. The van der Waals surface area contributed by atoms with E-state index in [1.54, 1.807) is 48.6 Å².